The highest BCUT2D eigenvalue weighted by Crippen LogP contribution is 2.82. The molecule has 0 radical (unpaired) electrons. The number of aromatic amines is 1. The van der Waals surface area contributed by atoms with Crippen LogP contribution in [-0.4, -0.2) is 32.6 Å². The van der Waals surface area contributed by atoms with Crippen LogP contribution in [0.4, 0.5) is 0 Å². The van der Waals surface area contributed by atoms with Gasteiger partial charge in [-0.3, -0.25) is 9.98 Å². The van der Waals surface area contributed by atoms with Crippen molar-refractivity contribution in [2.45, 2.75) is 21.9 Å². The van der Waals surface area contributed by atoms with E-state index in [1.807, 2.05) is 6.07 Å². The highest BCUT2D eigenvalue weighted by molar-refractivity contribution is 6.32. The molecule has 4 aliphatic heterocycles. The molecule has 1 fully saturated rings. The van der Waals surface area contributed by atoms with Crippen molar-refractivity contribution in [3.63, 3.8) is 0 Å². The summed E-state index contributed by atoms with van der Waals surface area (Å²) in [5.74, 6) is 0.255. The number of aromatic hydroxyl groups is 1. The zero-order valence-corrected chi connectivity index (χ0v) is 27.1. The van der Waals surface area contributed by atoms with Crippen molar-refractivity contribution in [1.29, 1.82) is 0 Å². The Morgan fingerprint density at radius 3 is 1.42 bits per heavy atom. The lowest BCUT2D eigenvalue weighted by atomic mass is 9.23. The van der Waals surface area contributed by atoms with Crippen LogP contribution in [0.15, 0.2) is 186 Å². The lowest BCUT2D eigenvalue weighted by Gasteiger charge is -2.79. The number of phenols is 1. The molecule has 1 aromatic heterocycles. The molecular weight excluding hydrogens is 611 g/mol. The van der Waals surface area contributed by atoms with Crippen molar-refractivity contribution in [2.75, 3.05) is 0 Å². The molecule has 2 N–H and O–H groups in total. The first-order valence-electron chi connectivity index (χ1n) is 17.2. The van der Waals surface area contributed by atoms with Gasteiger partial charge in [-0.15, -0.1) is 0 Å². The number of hydrogen-bond acceptors (Lipinski definition) is 3. The van der Waals surface area contributed by atoms with Gasteiger partial charge in [0.15, 0.2) is 0 Å². The van der Waals surface area contributed by atoms with Crippen LogP contribution < -0.4 is 10.7 Å². The second-order valence-corrected chi connectivity index (χ2v) is 13.9. The zero-order valence-electron chi connectivity index (χ0n) is 27.1. The Hall–Kier alpha value is -6.26. The third-order valence-corrected chi connectivity index (χ3v) is 12.0. The Morgan fingerprint density at radius 2 is 0.920 bits per heavy atom. The van der Waals surface area contributed by atoms with Gasteiger partial charge >= 0.3 is 0 Å². The molecule has 4 heteroatoms. The lowest BCUT2D eigenvalue weighted by Crippen LogP contribution is -2.90. The summed E-state index contributed by atoms with van der Waals surface area (Å²) in [4.78, 5) is 15.9. The first-order valence-corrected chi connectivity index (χ1v) is 17.2. The molecule has 2 spiro atoms. The Morgan fingerprint density at radius 1 is 0.460 bits per heavy atom. The standard InChI is InChI=1S/C46H31N3O/c50-40-24-21-34-29-35(40)46(33-19-11-4-12-20-33)43-27-25-38(48-43)41(30-13-5-1-6-14-30)36-22-23-37(47-36)42(31-15-7-2-8-16-31)39-26-28-44(46,49-39)45(34,43)32-17-9-3-10-18-32/h1-29,47,50H/b41-36-,42-37?. The van der Waals surface area contributed by atoms with E-state index in [2.05, 4.69) is 175 Å². The summed E-state index contributed by atoms with van der Waals surface area (Å²) >= 11 is 0. The molecule has 10 bridgehead atoms. The number of rotatable bonds is 4. The molecule has 3 aliphatic carbocycles. The van der Waals surface area contributed by atoms with Crippen molar-refractivity contribution < 1.29 is 5.11 Å². The van der Waals surface area contributed by atoms with E-state index in [1.165, 1.54) is 0 Å². The number of benzene rings is 5. The Bertz CT molecular complexity index is 2540. The van der Waals surface area contributed by atoms with Crippen molar-refractivity contribution in [1.82, 2.24) is 4.98 Å². The van der Waals surface area contributed by atoms with E-state index in [4.69, 9.17) is 9.98 Å². The van der Waals surface area contributed by atoms with Gasteiger partial charge in [-0.05, 0) is 64.2 Å². The SMILES string of the molecule is Oc1ccc2cc1C1(c3ccccc3)C34C=CC(=N3)C(c3ccccc3)=c3cc/c([nH]3)=C(\c3ccccc3)C3=NC1(C=C3)C24c1ccccc1. The van der Waals surface area contributed by atoms with Crippen molar-refractivity contribution in [3.05, 3.63) is 220 Å². The third-order valence-electron chi connectivity index (χ3n) is 12.0. The molecule has 13 rings (SSSR count). The van der Waals surface area contributed by atoms with E-state index in [-0.39, 0.29) is 5.75 Å². The van der Waals surface area contributed by atoms with Crippen molar-refractivity contribution in [3.8, 4) is 5.75 Å². The molecule has 50 heavy (non-hydrogen) atoms. The van der Waals surface area contributed by atoms with Gasteiger partial charge in [0.05, 0.1) is 22.3 Å². The van der Waals surface area contributed by atoms with E-state index in [0.717, 1.165) is 66.6 Å². The van der Waals surface area contributed by atoms with Gasteiger partial charge < -0.3 is 10.1 Å². The summed E-state index contributed by atoms with van der Waals surface area (Å²) in [5.41, 5.74) is 6.83. The number of allylic oxidation sites excluding steroid dienone is 2. The zero-order chi connectivity index (χ0) is 33.1. The van der Waals surface area contributed by atoms with Gasteiger partial charge in [0.1, 0.15) is 16.8 Å². The van der Waals surface area contributed by atoms with E-state index < -0.39 is 21.9 Å². The number of hydrogen-bond donors (Lipinski definition) is 2. The number of nitrogens with zero attached hydrogens (tertiary/aromatic N) is 2. The summed E-state index contributed by atoms with van der Waals surface area (Å²) in [6.45, 7) is 0. The largest absolute Gasteiger partial charge is 0.508 e. The first kappa shape index (κ1) is 27.7. The topological polar surface area (TPSA) is 60.7 Å². The summed E-state index contributed by atoms with van der Waals surface area (Å²) in [7, 11) is 0. The number of phenolic OH excluding ortho intramolecular Hbond substituents is 1. The van der Waals surface area contributed by atoms with E-state index in [1.54, 1.807) is 0 Å². The Kier molecular flexibility index (Phi) is 5.23. The summed E-state index contributed by atoms with van der Waals surface area (Å²) in [6, 6.07) is 53.1. The average molecular weight is 642 g/mol. The molecule has 6 aromatic rings. The molecular formula is C46H31N3O. The van der Waals surface area contributed by atoms with E-state index in [9.17, 15) is 5.11 Å². The predicted molar refractivity (Wildman–Crippen MR) is 199 cm³/mol. The molecule has 236 valence electrons. The van der Waals surface area contributed by atoms with E-state index in [0.29, 0.717) is 0 Å². The second-order valence-electron chi connectivity index (χ2n) is 13.9. The quantitative estimate of drug-likeness (QED) is 0.216. The van der Waals surface area contributed by atoms with Gasteiger partial charge in [-0.25, -0.2) is 0 Å². The highest BCUT2D eigenvalue weighted by Gasteiger charge is 2.91. The average Bonchev–Trinajstić information content (AvgIpc) is 3.94. The molecule has 0 saturated heterocycles. The first-order chi connectivity index (χ1) is 24.6. The molecule has 4 unspecified atom stereocenters. The highest BCUT2D eigenvalue weighted by atomic mass is 16.3. The monoisotopic (exact) mass is 641 g/mol. The number of aromatic nitrogens is 1. The normalized spacial score (nSPS) is 28.7. The van der Waals surface area contributed by atoms with Crippen LogP contribution in [0.3, 0.4) is 0 Å². The molecule has 1 saturated carbocycles. The minimum absolute atomic E-state index is 0.255. The number of aliphatic imine (C=N–C) groups is 2. The van der Waals surface area contributed by atoms with Gasteiger partial charge in [0.2, 0.25) is 0 Å². The van der Waals surface area contributed by atoms with Crippen molar-refractivity contribution in [2.24, 2.45) is 9.98 Å². The van der Waals surface area contributed by atoms with Crippen LogP contribution in [0.2, 0.25) is 0 Å². The van der Waals surface area contributed by atoms with Crippen LogP contribution in [-0.2, 0) is 10.8 Å². The fraction of sp³-hybridized carbons (Fsp3) is 0.0870. The molecule has 0 amide bonds. The van der Waals surface area contributed by atoms with Crippen LogP contribution in [0.5, 0.6) is 5.75 Å². The fourth-order valence-corrected chi connectivity index (χ4v) is 10.4. The van der Waals surface area contributed by atoms with Gasteiger partial charge in [-0.1, -0.05) is 140 Å². The van der Waals surface area contributed by atoms with Crippen LogP contribution in [0, 0.1) is 0 Å². The van der Waals surface area contributed by atoms with Crippen molar-refractivity contribution >= 4 is 22.6 Å². The molecule has 5 aromatic carbocycles. The summed E-state index contributed by atoms with van der Waals surface area (Å²) < 4.78 is 0. The maximum absolute atomic E-state index is 12.0. The third kappa shape index (κ3) is 2.93. The minimum atomic E-state index is -0.885. The predicted octanol–water partition coefficient (Wildman–Crippen LogP) is 6.93. The molecule has 4 nitrogen and oxygen atoms in total. The summed E-state index contributed by atoms with van der Waals surface area (Å²) in [6.07, 6.45) is 9.11. The van der Waals surface area contributed by atoms with Gasteiger partial charge in [-0.2, -0.15) is 0 Å². The second kappa shape index (κ2) is 9.46. The Labute approximate surface area is 289 Å². The van der Waals surface area contributed by atoms with Crippen LogP contribution in [0.25, 0.3) is 11.1 Å². The van der Waals surface area contributed by atoms with Gasteiger partial charge in [0.25, 0.3) is 0 Å². The molecule has 7 aliphatic rings. The smallest absolute Gasteiger partial charge is 0.119 e. The maximum Gasteiger partial charge on any atom is 0.119 e. The molecule has 4 atom stereocenters. The molecule has 5 heterocycles. The minimum Gasteiger partial charge on any atom is -0.508 e. The van der Waals surface area contributed by atoms with Crippen LogP contribution in [0.1, 0.15) is 33.4 Å². The number of nitrogens with one attached hydrogen (secondary N) is 1. The lowest BCUT2D eigenvalue weighted by molar-refractivity contribution is -0.0339. The number of H-pyrrole nitrogens is 1. The van der Waals surface area contributed by atoms with Crippen LogP contribution >= 0.6 is 0 Å². The fourth-order valence-electron chi connectivity index (χ4n) is 10.4. The van der Waals surface area contributed by atoms with Gasteiger partial charge in [0, 0.05) is 27.4 Å². The maximum atomic E-state index is 12.0. The Balaban J connectivity index is 1.40. The van der Waals surface area contributed by atoms with E-state index >= 15 is 0 Å². The summed E-state index contributed by atoms with van der Waals surface area (Å²) in [5, 5.41) is 14.0.